The molecule has 2 rings (SSSR count). The van der Waals surface area contributed by atoms with Crippen molar-refractivity contribution in [2.75, 3.05) is 0 Å². The molecule has 2 aromatic heterocycles. The molecule has 0 aromatic carbocycles. The Bertz CT molecular complexity index is 584. The molecule has 2 heterocycles. The van der Waals surface area contributed by atoms with Gasteiger partial charge in [-0.2, -0.15) is 0 Å². The van der Waals surface area contributed by atoms with Crippen LogP contribution in [0.5, 0.6) is 0 Å². The van der Waals surface area contributed by atoms with Gasteiger partial charge in [-0.1, -0.05) is 0 Å². The van der Waals surface area contributed by atoms with Gasteiger partial charge in [0.05, 0.1) is 0 Å². The number of hydrogen-bond donors (Lipinski definition) is 0. The summed E-state index contributed by atoms with van der Waals surface area (Å²) in [4.78, 5) is 4.63. The maximum atomic E-state index is 4.63. The van der Waals surface area contributed by atoms with Crippen molar-refractivity contribution in [3.05, 3.63) is 18.6 Å². The fraction of sp³-hybridized carbons (Fsp3) is 0.684. The Balaban J connectivity index is 2.50. The van der Waals surface area contributed by atoms with Gasteiger partial charge >= 0.3 is 146 Å². The Morgan fingerprint density at radius 3 is 1.96 bits per heavy atom. The van der Waals surface area contributed by atoms with Crippen molar-refractivity contribution in [2.24, 2.45) is 7.05 Å². The number of pyridine rings is 1. The second kappa shape index (κ2) is 9.05. The molecule has 0 amide bonds. The Kier molecular flexibility index (Phi) is 7.38. The molecule has 0 unspecified atom stereocenters. The van der Waals surface area contributed by atoms with E-state index < -0.39 is 18.4 Å². The van der Waals surface area contributed by atoms with Gasteiger partial charge in [0.15, 0.2) is 0 Å². The van der Waals surface area contributed by atoms with Crippen LogP contribution in [0.15, 0.2) is 18.6 Å². The number of rotatable bonds is 10. The van der Waals surface area contributed by atoms with Gasteiger partial charge in [-0.3, -0.25) is 0 Å². The molecule has 0 aliphatic rings. The topological polar surface area (TPSA) is 30.7 Å². The van der Waals surface area contributed by atoms with Crippen LogP contribution in [0.1, 0.15) is 59.3 Å². The zero-order valence-electron chi connectivity index (χ0n) is 15.4. The van der Waals surface area contributed by atoms with E-state index in [-0.39, 0.29) is 0 Å². The molecule has 2 aromatic rings. The third kappa shape index (κ3) is 4.28. The minimum absolute atomic E-state index is 1.22. The number of unbranched alkanes of at least 4 members (excludes halogenated alkanes) is 3. The molecule has 0 saturated heterocycles. The number of aryl methyl sites for hydroxylation is 1. The van der Waals surface area contributed by atoms with E-state index in [9.17, 15) is 0 Å². The molecule has 0 spiro atoms. The fourth-order valence-electron chi connectivity index (χ4n) is 3.81. The number of fused-ring (bicyclic) bond motifs is 1. The first-order valence-corrected chi connectivity index (χ1v) is 16.9. The van der Waals surface area contributed by atoms with E-state index >= 15 is 0 Å². The van der Waals surface area contributed by atoms with E-state index in [0.29, 0.717) is 0 Å². The molecule has 3 nitrogen and oxygen atoms in total. The van der Waals surface area contributed by atoms with Gasteiger partial charge in [0.1, 0.15) is 0 Å². The molecule has 0 atom stereocenters. The summed E-state index contributed by atoms with van der Waals surface area (Å²) in [6.45, 7) is 7.00. The van der Waals surface area contributed by atoms with Crippen LogP contribution >= 0.6 is 0 Å². The van der Waals surface area contributed by atoms with Crippen molar-refractivity contribution in [2.45, 2.75) is 72.6 Å². The Hall–Kier alpha value is -0.581. The molecule has 0 aliphatic heterocycles. The van der Waals surface area contributed by atoms with Gasteiger partial charge in [-0.25, -0.2) is 0 Å². The van der Waals surface area contributed by atoms with Crippen molar-refractivity contribution in [3.63, 3.8) is 0 Å². The first-order valence-electron chi connectivity index (χ1n) is 9.44. The van der Waals surface area contributed by atoms with Crippen LogP contribution in [0.4, 0.5) is 0 Å². The number of hydrogen-bond acceptors (Lipinski definition) is 2. The monoisotopic (exact) mass is 423 g/mol. The number of aromatic nitrogens is 3. The van der Waals surface area contributed by atoms with E-state index in [2.05, 4.69) is 43.2 Å². The van der Waals surface area contributed by atoms with Crippen LogP contribution in [0, 0.1) is 0 Å². The first-order chi connectivity index (χ1) is 11.2. The van der Waals surface area contributed by atoms with Gasteiger partial charge in [-0.15, -0.1) is 0 Å². The molecule has 0 bridgehead atoms. The molecule has 0 saturated carbocycles. The second-order valence-corrected chi connectivity index (χ2v) is 20.1. The molecular weight excluding hydrogens is 389 g/mol. The third-order valence-electron chi connectivity index (χ3n) is 5.27. The molecule has 4 heteroatoms. The summed E-state index contributed by atoms with van der Waals surface area (Å²) in [7, 11) is 2.04. The fourth-order valence-corrected chi connectivity index (χ4v) is 20.3. The van der Waals surface area contributed by atoms with Gasteiger partial charge in [0.2, 0.25) is 0 Å². The van der Waals surface area contributed by atoms with Gasteiger partial charge in [0, 0.05) is 0 Å². The third-order valence-corrected chi connectivity index (χ3v) is 20.9. The summed E-state index contributed by atoms with van der Waals surface area (Å²) in [6.07, 6.45) is 14.4. The van der Waals surface area contributed by atoms with E-state index in [1.54, 1.807) is 3.58 Å². The van der Waals surface area contributed by atoms with E-state index in [4.69, 9.17) is 0 Å². The number of nitrogens with zero attached hydrogens (tertiary/aromatic N) is 3. The maximum absolute atomic E-state index is 4.63. The molecule has 0 N–H and O–H groups in total. The van der Waals surface area contributed by atoms with Crippen LogP contribution in [0.3, 0.4) is 0 Å². The van der Waals surface area contributed by atoms with Gasteiger partial charge < -0.3 is 0 Å². The van der Waals surface area contributed by atoms with E-state index in [1.807, 2.05) is 17.9 Å². The Morgan fingerprint density at radius 1 is 0.870 bits per heavy atom. The Labute approximate surface area is 145 Å². The van der Waals surface area contributed by atoms with Gasteiger partial charge in [-0.05, 0) is 0 Å². The Morgan fingerprint density at radius 2 is 1.43 bits per heavy atom. The molecular formula is C19H33N3Sn. The summed E-state index contributed by atoms with van der Waals surface area (Å²) in [6, 6.07) is 0. The van der Waals surface area contributed by atoms with Crippen molar-refractivity contribution >= 4 is 32.9 Å². The van der Waals surface area contributed by atoms with Crippen LogP contribution in [0.2, 0.25) is 13.3 Å². The van der Waals surface area contributed by atoms with Crippen LogP contribution in [0.25, 0.3) is 10.9 Å². The second-order valence-electron chi connectivity index (χ2n) is 6.98. The summed E-state index contributed by atoms with van der Waals surface area (Å²) in [5.74, 6) is 0. The average Bonchev–Trinajstić information content (AvgIpc) is 2.96. The van der Waals surface area contributed by atoms with Crippen molar-refractivity contribution in [1.82, 2.24) is 14.8 Å². The predicted octanol–water partition coefficient (Wildman–Crippen LogP) is 5.02. The minimum atomic E-state index is -2.41. The van der Waals surface area contributed by atoms with Crippen LogP contribution in [-0.2, 0) is 7.05 Å². The van der Waals surface area contributed by atoms with E-state index in [1.165, 1.54) is 62.7 Å². The zero-order valence-corrected chi connectivity index (χ0v) is 18.3. The van der Waals surface area contributed by atoms with Crippen molar-refractivity contribution < 1.29 is 0 Å². The molecule has 0 fully saturated rings. The predicted molar refractivity (Wildman–Crippen MR) is 103 cm³/mol. The quantitative estimate of drug-likeness (QED) is 0.504. The summed E-state index contributed by atoms with van der Waals surface area (Å²) >= 11 is -2.41. The molecule has 0 radical (unpaired) electrons. The molecule has 23 heavy (non-hydrogen) atoms. The average molecular weight is 422 g/mol. The standard InChI is InChI=1S/C7H6N3.3C4H9.Sn/c1-10-7-5-8-3-2-6(7)4-9-10;3*1-3-4-2;/h3-5H,1H3;3*1,3-4H2,2H3;. The normalized spacial score (nSPS) is 12.2. The first kappa shape index (κ1) is 18.8. The van der Waals surface area contributed by atoms with Crippen LogP contribution < -0.4 is 3.58 Å². The molecule has 0 aliphatic carbocycles. The summed E-state index contributed by atoms with van der Waals surface area (Å²) in [5, 5.41) is 5.93. The van der Waals surface area contributed by atoms with Crippen molar-refractivity contribution in [1.29, 1.82) is 0 Å². The summed E-state index contributed by atoms with van der Waals surface area (Å²) in [5.41, 5.74) is 1.22. The molecule has 128 valence electrons. The summed E-state index contributed by atoms with van der Waals surface area (Å²) < 4.78 is 8.10. The van der Waals surface area contributed by atoms with Crippen molar-refractivity contribution in [3.8, 4) is 0 Å². The van der Waals surface area contributed by atoms with Gasteiger partial charge in [0.25, 0.3) is 0 Å². The SMILES string of the molecule is CCC[CH2][Sn]([CH2]CCC)([CH2]CCC)[c]1cncc2c1cnn2C. The zero-order chi connectivity index (χ0) is 16.7. The van der Waals surface area contributed by atoms with E-state index in [0.717, 1.165) is 0 Å². The van der Waals surface area contributed by atoms with Crippen LogP contribution in [-0.4, -0.2) is 33.1 Å².